The van der Waals surface area contributed by atoms with E-state index in [1.54, 1.807) is 0 Å². The van der Waals surface area contributed by atoms with Crippen molar-refractivity contribution in [3.63, 3.8) is 0 Å². The average Bonchev–Trinajstić information content (AvgIpc) is 2.62. The maximum absolute atomic E-state index is 11.9. The van der Waals surface area contributed by atoms with Crippen LogP contribution < -0.4 is 0 Å². The molecule has 0 bridgehead atoms. The Morgan fingerprint density at radius 1 is 1.41 bits per heavy atom. The molecule has 0 radical (unpaired) electrons. The summed E-state index contributed by atoms with van der Waals surface area (Å²) in [6.07, 6.45) is 7.47. The molecule has 0 aromatic heterocycles. The lowest BCUT2D eigenvalue weighted by Gasteiger charge is -2.07. The number of unbranched alkanes of at least 4 members (excludes halogenated alkanes) is 2. The largest absolute Gasteiger partial charge is 0.294 e. The van der Waals surface area contributed by atoms with Gasteiger partial charge in [-0.05, 0) is 43.2 Å². The summed E-state index contributed by atoms with van der Waals surface area (Å²) in [4.78, 5) is 11.9. The van der Waals surface area contributed by atoms with Gasteiger partial charge in [-0.1, -0.05) is 31.2 Å². The van der Waals surface area contributed by atoms with Crippen molar-refractivity contribution < 1.29 is 4.79 Å². The molecule has 0 aliphatic heterocycles. The van der Waals surface area contributed by atoms with Crippen molar-refractivity contribution in [3.8, 4) is 0 Å². The molecule has 0 N–H and O–H groups in total. The predicted molar refractivity (Wildman–Crippen MR) is 71.4 cm³/mol. The summed E-state index contributed by atoms with van der Waals surface area (Å²) in [5, 5.41) is 0. The summed E-state index contributed by atoms with van der Waals surface area (Å²) >= 11 is 0. The van der Waals surface area contributed by atoms with Crippen molar-refractivity contribution in [2.45, 2.75) is 39.0 Å². The first-order valence-corrected chi connectivity index (χ1v) is 6.50. The molecule has 0 heterocycles. The molecule has 0 spiro atoms. The Bertz CT molecular complexity index is 431. The fraction of sp³-hybridized carbons (Fsp3) is 0.438. The lowest BCUT2D eigenvalue weighted by molar-refractivity contribution is 0.0946. The Hall–Kier alpha value is -1.37. The van der Waals surface area contributed by atoms with Crippen LogP contribution >= 0.6 is 0 Å². The number of aryl methyl sites for hydroxylation is 1. The van der Waals surface area contributed by atoms with E-state index in [1.165, 1.54) is 24.0 Å². The third kappa shape index (κ3) is 2.49. The maximum atomic E-state index is 11.9. The van der Waals surface area contributed by atoms with E-state index in [9.17, 15) is 4.79 Å². The number of hydrogen-bond acceptors (Lipinski definition) is 1. The van der Waals surface area contributed by atoms with Gasteiger partial charge in [0.25, 0.3) is 0 Å². The zero-order valence-corrected chi connectivity index (χ0v) is 10.5. The first kappa shape index (κ1) is 12.1. The summed E-state index contributed by atoms with van der Waals surface area (Å²) < 4.78 is 0. The van der Waals surface area contributed by atoms with Crippen LogP contribution in [0.3, 0.4) is 0 Å². The molecule has 0 fully saturated rings. The van der Waals surface area contributed by atoms with Crippen molar-refractivity contribution in [2.75, 3.05) is 0 Å². The van der Waals surface area contributed by atoms with Crippen LogP contribution in [0.1, 0.15) is 47.7 Å². The lowest BCUT2D eigenvalue weighted by Crippen LogP contribution is -2.02. The minimum absolute atomic E-state index is 0.180. The first-order chi connectivity index (χ1) is 8.24. The summed E-state index contributed by atoms with van der Waals surface area (Å²) in [6, 6.07) is 6.18. The fourth-order valence-electron chi connectivity index (χ4n) is 2.61. The average molecular weight is 228 g/mol. The highest BCUT2D eigenvalue weighted by Gasteiger charge is 2.28. The topological polar surface area (TPSA) is 17.1 Å². The Kier molecular flexibility index (Phi) is 3.78. The van der Waals surface area contributed by atoms with Crippen LogP contribution in [0.2, 0.25) is 0 Å². The number of hydrogen-bond donors (Lipinski definition) is 0. The SMILES string of the molecule is C=CCCCCc1cccc2c1CC(C)C2=O. The van der Waals surface area contributed by atoms with E-state index < -0.39 is 0 Å². The highest BCUT2D eigenvalue weighted by atomic mass is 16.1. The second kappa shape index (κ2) is 5.31. The van der Waals surface area contributed by atoms with E-state index in [0.29, 0.717) is 5.78 Å². The minimum Gasteiger partial charge on any atom is -0.294 e. The lowest BCUT2D eigenvalue weighted by atomic mass is 9.98. The van der Waals surface area contributed by atoms with Gasteiger partial charge in [0.15, 0.2) is 5.78 Å². The van der Waals surface area contributed by atoms with Crippen molar-refractivity contribution >= 4 is 5.78 Å². The fourth-order valence-corrected chi connectivity index (χ4v) is 2.61. The molecule has 0 saturated heterocycles. The molecule has 1 aliphatic carbocycles. The molecule has 1 aromatic rings. The van der Waals surface area contributed by atoms with Crippen molar-refractivity contribution in [1.29, 1.82) is 0 Å². The number of carbonyl (C=O) groups is 1. The van der Waals surface area contributed by atoms with Crippen LogP contribution in [0, 0.1) is 5.92 Å². The van der Waals surface area contributed by atoms with Gasteiger partial charge in [0.05, 0.1) is 0 Å². The van der Waals surface area contributed by atoms with Crippen LogP contribution in [-0.2, 0) is 12.8 Å². The maximum Gasteiger partial charge on any atom is 0.166 e. The number of benzene rings is 1. The van der Waals surface area contributed by atoms with E-state index in [2.05, 4.69) is 12.6 Å². The van der Waals surface area contributed by atoms with Gasteiger partial charge in [0.2, 0.25) is 0 Å². The normalized spacial score (nSPS) is 18.2. The number of Topliss-reactive ketones (excluding diaryl/α,β-unsaturated/α-hetero) is 1. The van der Waals surface area contributed by atoms with Crippen LogP contribution in [0.5, 0.6) is 0 Å². The van der Waals surface area contributed by atoms with Crippen LogP contribution in [0.4, 0.5) is 0 Å². The van der Waals surface area contributed by atoms with Gasteiger partial charge in [-0.25, -0.2) is 0 Å². The van der Waals surface area contributed by atoms with Crippen molar-refractivity contribution in [3.05, 3.63) is 47.5 Å². The van der Waals surface area contributed by atoms with Gasteiger partial charge >= 0.3 is 0 Å². The highest BCUT2D eigenvalue weighted by molar-refractivity contribution is 6.02. The Morgan fingerprint density at radius 3 is 3.00 bits per heavy atom. The number of fused-ring (bicyclic) bond motifs is 1. The molecule has 2 rings (SSSR count). The van der Waals surface area contributed by atoms with E-state index >= 15 is 0 Å². The molecule has 1 aliphatic rings. The molecule has 90 valence electrons. The molecule has 1 nitrogen and oxygen atoms in total. The van der Waals surface area contributed by atoms with Gasteiger partial charge in [-0.2, -0.15) is 0 Å². The molecule has 1 unspecified atom stereocenters. The van der Waals surface area contributed by atoms with Crippen LogP contribution in [0.25, 0.3) is 0 Å². The first-order valence-electron chi connectivity index (χ1n) is 6.50. The van der Waals surface area contributed by atoms with Crippen molar-refractivity contribution in [1.82, 2.24) is 0 Å². The summed E-state index contributed by atoms with van der Waals surface area (Å²) in [7, 11) is 0. The number of allylic oxidation sites excluding steroid dienone is 1. The van der Waals surface area contributed by atoms with Crippen LogP contribution in [0.15, 0.2) is 30.9 Å². The predicted octanol–water partition coefficient (Wildman–Crippen LogP) is 3.96. The Balaban J connectivity index is 2.10. The van der Waals surface area contributed by atoms with Crippen LogP contribution in [-0.4, -0.2) is 5.78 Å². The Morgan fingerprint density at radius 2 is 2.24 bits per heavy atom. The summed E-state index contributed by atoms with van der Waals surface area (Å²) in [5.41, 5.74) is 3.66. The van der Waals surface area contributed by atoms with Gasteiger partial charge in [0, 0.05) is 11.5 Å². The number of carbonyl (C=O) groups excluding carboxylic acids is 1. The quantitative estimate of drug-likeness (QED) is 0.550. The molecule has 0 saturated carbocycles. The Labute approximate surface area is 104 Å². The monoisotopic (exact) mass is 228 g/mol. The molecular formula is C16H20O. The summed E-state index contributed by atoms with van der Waals surface area (Å²) in [5.74, 6) is 0.507. The smallest absolute Gasteiger partial charge is 0.166 e. The minimum atomic E-state index is 0.180. The number of rotatable bonds is 5. The standard InChI is InChI=1S/C16H20O/c1-3-4-5-6-8-13-9-7-10-14-15(13)11-12(2)16(14)17/h3,7,9-10,12H,1,4-6,8,11H2,2H3. The second-order valence-electron chi connectivity index (χ2n) is 4.95. The third-order valence-corrected chi connectivity index (χ3v) is 3.60. The molecule has 0 amide bonds. The molecule has 17 heavy (non-hydrogen) atoms. The van der Waals surface area contributed by atoms with Gasteiger partial charge in [-0.15, -0.1) is 6.58 Å². The highest BCUT2D eigenvalue weighted by Crippen LogP contribution is 2.30. The summed E-state index contributed by atoms with van der Waals surface area (Å²) in [6.45, 7) is 5.77. The van der Waals surface area contributed by atoms with E-state index in [4.69, 9.17) is 0 Å². The zero-order valence-electron chi connectivity index (χ0n) is 10.5. The van der Waals surface area contributed by atoms with Gasteiger partial charge in [-0.3, -0.25) is 4.79 Å². The molecular weight excluding hydrogens is 208 g/mol. The second-order valence-corrected chi connectivity index (χ2v) is 4.95. The van der Waals surface area contributed by atoms with Gasteiger partial charge in [0.1, 0.15) is 0 Å². The van der Waals surface area contributed by atoms with Gasteiger partial charge < -0.3 is 0 Å². The zero-order chi connectivity index (χ0) is 12.3. The molecule has 1 heteroatoms. The van der Waals surface area contributed by atoms with E-state index in [0.717, 1.165) is 24.8 Å². The molecule has 1 atom stereocenters. The third-order valence-electron chi connectivity index (χ3n) is 3.60. The number of ketones is 1. The van der Waals surface area contributed by atoms with Crippen molar-refractivity contribution in [2.24, 2.45) is 5.92 Å². The van der Waals surface area contributed by atoms with E-state index in [1.807, 2.05) is 25.1 Å². The van der Waals surface area contributed by atoms with E-state index in [-0.39, 0.29) is 5.92 Å². The molecule has 1 aromatic carbocycles.